The number of methoxy groups -OCH3 is 1. The zero-order valence-corrected chi connectivity index (χ0v) is 20.9. The standard InChI is InChI=1S/C27H33N5O4/c1-18(2)17-32-22-12-8-7-11-21(22)29-24(25(32)33)31-15-13-20(14-16-31)28-27(35)30-23(26(34)36-3)19-9-5-4-6-10-19/h4-12,18,20,23H,13-17H2,1-3H3,(H2,28,30,35). The van der Waals surface area contributed by atoms with Gasteiger partial charge in [0.1, 0.15) is 0 Å². The van der Waals surface area contributed by atoms with Crippen LogP contribution in [0.1, 0.15) is 38.3 Å². The number of piperidine rings is 1. The summed E-state index contributed by atoms with van der Waals surface area (Å²) in [6, 6.07) is 15.3. The second-order valence-electron chi connectivity index (χ2n) is 9.48. The molecule has 3 aromatic rings. The highest BCUT2D eigenvalue weighted by Gasteiger charge is 2.27. The van der Waals surface area contributed by atoms with E-state index >= 15 is 0 Å². The molecular formula is C27H33N5O4. The first-order chi connectivity index (χ1) is 17.4. The van der Waals surface area contributed by atoms with Gasteiger partial charge in [0.15, 0.2) is 11.9 Å². The van der Waals surface area contributed by atoms with E-state index in [4.69, 9.17) is 9.72 Å². The van der Waals surface area contributed by atoms with Crippen LogP contribution in [0.5, 0.6) is 0 Å². The summed E-state index contributed by atoms with van der Waals surface area (Å²) >= 11 is 0. The summed E-state index contributed by atoms with van der Waals surface area (Å²) in [7, 11) is 1.30. The number of urea groups is 1. The Morgan fingerprint density at radius 2 is 1.72 bits per heavy atom. The number of ether oxygens (including phenoxy) is 1. The summed E-state index contributed by atoms with van der Waals surface area (Å²) in [6.07, 6.45) is 1.31. The Labute approximate surface area is 210 Å². The van der Waals surface area contributed by atoms with Crippen molar-refractivity contribution in [2.45, 2.75) is 45.3 Å². The molecule has 1 unspecified atom stereocenters. The normalized spacial score (nSPS) is 15.1. The maximum absolute atomic E-state index is 13.4. The first-order valence-corrected chi connectivity index (χ1v) is 12.3. The molecule has 0 bridgehead atoms. The van der Waals surface area contributed by atoms with Crippen LogP contribution in [0.15, 0.2) is 59.4 Å². The summed E-state index contributed by atoms with van der Waals surface area (Å²) in [5.74, 6) is 0.234. The van der Waals surface area contributed by atoms with E-state index in [1.165, 1.54) is 7.11 Å². The van der Waals surface area contributed by atoms with Gasteiger partial charge in [-0.25, -0.2) is 14.6 Å². The fourth-order valence-electron chi connectivity index (χ4n) is 4.57. The van der Waals surface area contributed by atoms with Crippen LogP contribution in [0.2, 0.25) is 0 Å². The number of rotatable bonds is 7. The maximum Gasteiger partial charge on any atom is 0.333 e. The van der Waals surface area contributed by atoms with Crippen molar-refractivity contribution in [2.75, 3.05) is 25.1 Å². The van der Waals surface area contributed by atoms with E-state index in [2.05, 4.69) is 24.5 Å². The molecule has 2 aromatic carbocycles. The first kappa shape index (κ1) is 25.2. The largest absolute Gasteiger partial charge is 0.467 e. The second kappa shape index (κ2) is 11.2. The molecule has 9 heteroatoms. The van der Waals surface area contributed by atoms with Crippen LogP contribution >= 0.6 is 0 Å². The lowest BCUT2D eigenvalue weighted by Gasteiger charge is -2.33. The number of hydrogen-bond donors (Lipinski definition) is 2. The molecule has 190 valence electrons. The Balaban J connectivity index is 1.43. The molecule has 0 radical (unpaired) electrons. The highest BCUT2D eigenvalue weighted by molar-refractivity contribution is 5.84. The van der Waals surface area contributed by atoms with Crippen molar-refractivity contribution >= 4 is 28.9 Å². The van der Waals surface area contributed by atoms with Gasteiger partial charge < -0.3 is 24.8 Å². The van der Waals surface area contributed by atoms with Crippen molar-refractivity contribution in [1.82, 2.24) is 20.2 Å². The Kier molecular flexibility index (Phi) is 7.87. The number of aromatic nitrogens is 2. The molecule has 0 aliphatic carbocycles. The summed E-state index contributed by atoms with van der Waals surface area (Å²) in [4.78, 5) is 45.0. The van der Waals surface area contributed by atoms with E-state index in [1.54, 1.807) is 24.3 Å². The second-order valence-corrected chi connectivity index (χ2v) is 9.48. The van der Waals surface area contributed by atoms with E-state index < -0.39 is 18.0 Å². The molecule has 0 saturated carbocycles. The number of nitrogens with one attached hydrogen (secondary N) is 2. The topological polar surface area (TPSA) is 106 Å². The molecule has 2 amide bonds. The van der Waals surface area contributed by atoms with Gasteiger partial charge in [-0.1, -0.05) is 56.3 Å². The predicted molar refractivity (Wildman–Crippen MR) is 139 cm³/mol. The van der Waals surface area contributed by atoms with Crippen LogP contribution in [0.3, 0.4) is 0 Å². The number of carbonyl (C=O) groups excluding carboxylic acids is 2. The lowest BCUT2D eigenvalue weighted by Crippen LogP contribution is -2.50. The molecule has 1 aliphatic rings. The predicted octanol–water partition coefficient (Wildman–Crippen LogP) is 3.23. The zero-order valence-electron chi connectivity index (χ0n) is 20.9. The van der Waals surface area contributed by atoms with E-state index in [1.807, 2.05) is 39.8 Å². The highest BCUT2D eigenvalue weighted by atomic mass is 16.5. The minimum Gasteiger partial charge on any atom is -0.467 e. The van der Waals surface area contributed by atoms with Crippen LogP contribution in [0, 0.1) is 5.92 Å². The number of anilines is 1. The molecular weight excluding hydrogens is 458 g/mol. The van der Waals surface area contributed by atoms with Crippen LogP contribution in [-0.4, -0.2) is 47.8 Å². The van der Waals surface area contributed by atoms with Crippen LogP contribution in [0.25, 0.3) is 11.0 Å². The summed E-state index contributed by atoms with van der Waals surface area (Å²) in [6.45, 7) is 5.98. The lowest BCUT2D eigenvalue weighted by molar-refractivity contribution is -0.143. The molecule has 9 nitrogen and oxygen atoms in total. The van der Waals surface area contributed by atoms with E-state index in [0.717, 1.165) is 11.0 Å². The Bertz CT molecular complexity index is 1270. The average molecular weight is 492 g/mol. The smallest absolute Gasteiger partial charge is 0.333 e. The Hall–Kier alpha value is -3.88. The number of fused-ring (bicyclic) bond motifs is 1. The lowest BCUT2D eigenvalue weighted by atomic mass is 10.0. The highest BCUT2D eigenvalue weighted by Crippen LogP contribution is 2.20. The van der Waals surface area contributed by atoms with Crippen molar-refractivity contribution in [1.29, 1.82) is 0 Å². The first-order valence-electron chi connectivity index (χ1n) is 12.3. The van der Waals surface area contributed by atoms with Crippen molar-refractivity contribution in [3.63, 3.8) is 0 Å². The van der Waals surface area contributed by atoms with Crippen molar-refractivity contribution in [3.05, 3.63) is 70.5 Å². The minimum absolute atomic E-state index is 0.0877. The number of benzene rings is 2. The Morgan fingerprint density at radius 1 is 1.06 bits per heavy atom. The molecule has 1 atom stereocenters. The molecule has 0 spiro atoms. The van der Waals surface area contributed by atoms with E-state index in [9.17, 15) is 14.4 Å². The third kappa shape index (κ3) is 5.67. The third-order valence-electron chi connectivity index (χ3n) is 6.36. The van der Waals surface area contributed by atoms with Crippen molar-refractivity contribution in [2.24, 2.45) is 5.92 Å². The zero-order chi connectivity index (χ0) is 25.7. The van der Waals surface area contributed by atoms with Crippen molar-refractivity contribution in [3.8, 4) is 0 Å². The quantitative estimate of drug-likeness (QED) is 0.492. The minimum atomic E-state index is -0.891. The molecule has 1 fully saturated rings. The molecule has 36 heavy (non-hydrogen) atoms. The monoisotopic (exact) mass is 491 g/mol. The fourth-order valence-corrected chi connectivity index (χ4v) is 4.57. The average Bonchev–Trinajstić information content (AvgIpc) is 2.89. The molecule has 1 aliphatic heterocycles. The molecule has 4 rings (SSSR count). The van der Waals surface area contributed by atoms with Gasteiger partial charge in [0.25, 0.3) is 5.56 Å². The number of amides is 2. The molecule has 1 aromatic heterocycles. The number of esters is 1. The van der Waals surface area contributed by atoms with Gasteiger partial charge in [0.05, 0.1) is 18.1 Å². The van der Waals surface area contributed by atoms with Gasteiger partial charge in [-0.3, -0.25) is 4.79 Å². The molecule has 2 N–H and O–H groups in total. The number of carbonyl (C=O) groups is 2. The van der Waals surface area contributed by atoms with Gasteiger partial charge in [0.2, 0.25) is 0 Å². The fraction of sp³-hybridized carbons (Fsp3) is 0.407. The van der Waals surface area contributed by atoms with Gasteiger partial charge in [-0.2, -0.15) is 0 Å². The maximum atomic E-state index is 13.4. The molecule has 1 saturated heterocycles. The third-order valence-corrected chi connectivity index (χ3v) is 6.36. The van der Waals surface area contributed by atoms with Crippen molar-refractivity contribution < 1.29 is 14.3 Å². The van der Waals surface area contributed by atoms with Gasteiger partial charge in [0, 0.05) is 25.7 Å². The summed E-state index contributed by atoms with van der Waals surface area (Å²) in [5.41, 5.74) is 2.19. The van der Waals surface area contributed by atoms with Gasteiger partial charge >= 0.3 is 12.0 Å². The summed E-state index contributed by atoms with van der Waals surface area (Å²) in [5, 5.41) is 5.69. The van der Waals surface area contributed by atoms with Crippen LogP contribution in [-0.2, 0) is 16.1 Å². The molecule has 2 heterocycles. The number of para-hydroxylation sites is 2. The van der Waals surface area contributed by atoms with Crippen LogP contribution < -0.4 is 21.1 Å². The van der Waals surface area contributed by atoms with Gasteiger partial charge in [-0.05, 0) is 36.5 Å². The number of hydrogen-bond acceptors (Lipinski definition) is 6. The van der Waals surface area contributed by atoms with Crippen LogP contribution in [0.4, 0.5) is 10.6 Å². The summed E-state index contributed by atoms with van der Waals surface area (Å²) < 4.78 is 6.69. The Morgan fingerprint density at radius 3 is 2.39 bits per heavy atom. The number of nitrogens with zero attached hydrogens (tertiary/aromatic N) is 3. The van der Waals surface area contributed by atoms with E-state index in [-0.39, 0.29) is 11.6 Å². The SMILES string of the molecule is COC(=O)C(NC(=O)NC1CCN(c2nc3ccccc3n(CC(C)C)c2=O)CC1)c1ccccc1. The van der Waals surface area contributed by atoms with Gasteiger partial charge in [-0.15, -0.1) is 0 Å². The van der Waals surface area contributed by atoms with E-state index in [0.29, 0.717) is 49.8 Å².